The summed E-state index contributed by atoms with van der Waals surface area (Å²) in [5, 5.41) is 21.3. The van der Waals surface area contributed by atoms with E-state index in [1.165, 1.54) is 11.9 Å². The van der Waals surface area contributed by atoms with Crippen LogP contribution in [0.15, 0.2) is 18.3 Å². The molecule has 1 fully saturated rings. The van der Waals surface area contributed by atoms with Gasteiger partial charge in [0.1, 0.15) is 17.8 Å². The number of aliphatic hydroxyl groups excluding tert-OH is 1. The first-order chi connectivity index (χ1) is 14.0. The first kappa shape index (κ1) is 22.0. The predicted octanol–water partition coefficient (Wildman–Crippen LogP) is 1.04. The van der Waals surface area contributed by atoms with Crippen molar-refractivity contribution in [2.24, 2.45) is 5.41 Å². The van der Waals surface area contributed by atoms with E-state index in [2.05, 4.69) is 32.3 Å². The van der Waals surface area contributed by atoms with Gasteiger partial charge in [-0.05, 0) is 31.4 Å². The number of aryl methyl sites for hydroxylation is 2. The van der Waals surface area contributed by atoms with E-state index in [9.17, 15) is 14.7 Å². The summed E-state index contributed by atoms with van der Waals surface area (Å²) >= 11 is 0. The summed E-state index contributed by atoms with van der Waals surface area (Å²) in [6.45, 7) is 10.6. The number of hydrogen-bond donors (Lipinski definition) is 2. The van der Waals surface area contributed by atoms with Gasteiger partial charge >= 0.3 is 0 Å². The van der Waals surface area contributed by atoms with Crippen molar-refractivity contribution in [1.82, 2.24) is 29.8 Å². The monoisotopic (exact) mass is 416 g/mol. The molecule has 0 aromatic carbocycles. The fourth-order valence-corrected chi connectivity index (χ4v) is 4.13. The number of aromatic nitrogens is 4. The van der Waals surface area contributed by atoms with E-state index >= 15 is 0 Å². The van der Waals surface area contributed by atoms with E-state index in [1.807, 2.05) is 34.6 Å². The molecule has 3 heterocycles. The number of nitrogens with zero attached hydrogens (tertiary/aromatic N) is 5. The van der Waals surface area contributed by atoms with Gasteiger partial charge in [-0.3, -0.25) is 9.59 Å². The Kier molecular flexibility index (Phi) is 6.03. The number of amides is 2. The third-order valence-electron chi connectivity index (χ3n) is 5.72. The van der Waals surface area contributed by atoms with Crippen molar-refractivity contribution in [3.05, 3.63) is 35.4 Å². The van der Waals surface area contributed by atoms with E-state index < -0.39 is 23.6 Å². The summed E-state index contributed by atoms with van der Waals surface area (Å²) < 4.78 is 3.73. The lowest BCUT2D eigenvalue weighted by Gasteiger charge is -2.34. The highest BCUT2D eigenvalue weighted by Gasteiger charge is 2.44. The van der Waals surface area contributed by atoms with Crippen LogP contribution in [0.5, 0.6) is 0 Å². The Morgan fingerprint density at radius 3 is 2.47 bits per heavy atom. The van der Waals surface area contributed by atoms with Crippen molar-refractivity contribution in [1.29, 1.82) is 0 Å². The number of carbonyl (C=O) groups is 2. The van der Waals surface area contributed by atoms with Crippen molar-refractivity contribution in [3.63, 3.8) is 0 Å². The fourth-order valence-electron chi connectivity index (χ4n) is 4.13. The van der Waals surface area contributed by atoms with E-state index in [4.69, 9.17) is 0 Å². The Bertz CT molecular complexity index is 906. The Morgan fingerprint density at radius 1 is 1.27 bits per heavy atom. The van der Waals surface area contributed by atoms with Crippen LogP contribution >= 0.6 is 0 Å². The molecule has 0 saturated carbocycles. The van der Waals surface area contributed by atoms with E-state index in [0.29, 0.717) is 6.54 Å². The average molecular weight is 417 g/mol. The quantitative estimate of drug-likeness (QED) is 0.758. The summed E-state index contributed by atoms with van der Waals surface area (Å²) in [4.78, 5) is 27.3. The third-order valence-corrected chi connectivity index (χ3v) is 5.72. The van der Waals surface area contributed by atoms with Crippen LogP contribution < -0.4 is 5.32 Å². The number of carbonyl (C=O) groups excluding carboxylic acids is 2. The number of rotatable bonds is 5. The average Bonchev–Trinajstić information content (AvgIpc) is 3.36. The van der Waals surface area contributed by atoms with Gasteiger partial charge in [0, 0.05) is 31.4 Å². The van der Waals surface area contributed by atoms with Crippen LogP contribution in [0.1, 0.15) is 50.3 Å². The molecule has 3 rings (SSSR count). The van der Waals surface area contributed by atoms with Crippen LogP contribution in [-0.4, -0.2) is 67.1 Å². The molecule has 1 aliphatic rings. The topological polar surface area (TPSA) is 105 Å². The second-order valence-electron chi connectivity index (χ2n) is 9.17. The molecule has 0 bridgehead atoms. The maximum absolute atomic E-state index is 13.5. The van der Waals surface area contributed by atoms with E-state index in [-0.39, 0.29) is 24.8 Å². The van der Waals surface area contributed by atoms with Gasteiger partial charge in [-0.1, -0.05) is 26.0 Å². The minimum absolute atomic E-state index is 0.132. The smallest absolute Gasteiger partial charge is 0.248 e. The van der Waals surface area contributed by atoms with E-state index in [1.54, 1.807) is 10.9 Å². The number of likely N-dealkylation sites (N-methyl/N-ethyl adjacent to an activating group) is 1. The fraction of sp³-hybridized carbons (Fsp3) is 0.619. The van der Waals surface area contributed by atoms with Crippen molar-refractivity contribution in [2.45, 2.75) is 65.8 Å². The normalized spacial score (nSPS) is 20.4. The number of aliphatic hydroxyl groups is 1. The summed E-state index contributed by atoms with van der Waals surface area (Å²) in [7, 11) is 1.53. The molecule has 1 saturated heterocycles. The molecule has 9 heteroatoms. The summed E-state index contributed by atoms with van der Waals surface area (Å²) in [6.07, 6.45) is 1.31. The van der Waals surface area contributed by atoms with Gasteiger partial charge in [0.15, 0.2) is 0 Å². The first-order valence-corrected chi connectivity index (χ1v) is 10.3. The molecular formula is C21H32N6O3. The van der Waals surface area contributed by atoms with Gasteiger partial charge in [-0.25, -0.2) is 4.68 Å². The molecule has 2 amide bonds. The van der Waals surface area contributed by atoms with Gasteiger partial charge in [-0.2, -0.15) is 0 Å². The highest BCUT2D eigenvalue weighted by atomic mass is 16.3. The highest BCUT2D eigenvalue weighted by molar-refractivity contribution is 5.90. The van der Waals surface area contributed by atoms with Crippen LogP contribution in [0.4, 0.5) is 0 Å². The molecule has 1 aliphatic heterocycles. The standard InChI is InChI=1S/C21H32N6O3/c1-13-7-8-14(2)25(13)10-15-11-27(24-23-15)18(21(3,4)5)20(30)26-12-16(28)9-17(26)19(29)22-6/h7-8,11,16-18,28H,9-10,12H2,1-6H3,(H,22,29)/t16?,17-,18?/m1/s1. The van der Waals surface area contributed by atoms with Gasteiger partial charge in [0.25, 0.3) is 0 Å². The molecule has 2 aromatic heterocycles. The maximum Gasteiger partial charge on any atom is 0.248 e. The van der Waals surface area contributed by atoms with Crippen molar-refractivity contribution < 1.29 is 14.7 Å². The Morgan fingerprint density at radius 2 is 1.90 bits per heavy atom. The number of hydrogen-bond acceptors (Lipinski definition) is 5. The van der Waals surface area contributed by atoms with Crippen molar-refractivity contribution in [2.75, 3.05) is 13.6 Å². The summed E-state index contributed by atoms with van der Waals surface area (Å²) in [6, 6.07) is 2.77. The zero-order valence-electron chi connectivity index (χ0n) is 18.6. The Balaban J connectivity index is 1.89. The molecule has 2 N–H and O–H groups in total. The molecule has 9 nitrogen and oxygen atoms in total. The zero-order valence-corrected chi connectivity index (χ0v) is 18.6. The molecule has 0 aliphatic carbocycles. The molecule has 0 spiro atoms. The van der Waals surface area contributed by atoms with Gasteiger partial charge in [0.05, 0.1) is 18.8 Å². The Labute approximate surface area is 177 Å². The van der Waals surface area contributed by atoms with Crippen LogP contribution in [0, 0.1) is 19.3 Å². The summed E-state index contributed by atoms with van der Waals surface area (Å²) in [5.74, 6) is -0.511. The van der Waals surface area contributed by atoms with Crippen LogP contribution in [0.3, 0.4) is 0 Å². The third kappa shape index (κ3) is 4.26. The van der Waals surface area contributed by atoms with E-state index in [0.717, 1.165) is 17.1 Å². The SMILES string of the molecule is CNC(=O)[C@H]1CC(O)CN1C(=O)C(n1cc(Cn2c(C)ccc2C)nn1)C(C)(C)C. The molecule has 3 atom stereocenters. The highest BCUT2D eigenvalue weighted by Crippen LogP contribution is 2.34. The molecule has 164 valence electrons. The molecule has 30 heavy (non-hydrogen) atoms. The van der Waals surface area contributed by atoms with Crippen LogP contribution in [0.2, 0.25) is 0 Å². The maximum atomic E-state index is 13.5. The zero-order chi connectivity index (χ0) is 22.2. The Hall–Kier alpha value is -2.68. The number of β-amino-alcohol motifs (C(OH)–C–C–N with tert-alkyl or cyclic N) is 1. The van der Waals surface area contributed by atoms with Gasteiger partial charge in [-0.15, -0.1) is 5.10 Å². The van der Waals surface area contributed by atoms with Crippen molar-refractivity contribution in [3.8, 4) is 0 Å². The number of likely N-dealkylation sites (tertiary alicyclic amines) is 1. The summed E-state index contributed by atoms with van der Waals surface area (Å²) in [5.41, 5.74) is 2.54. The van der Waals surface area contributed by atoms with Crippen LogP contribution in [0.25, 0.3) is 0 Å². The molecule has 2 unspecified atom stereocenters. The lowest BCUT2D eigenvalue weighted by Crippen LogP contribution is -2.49. The van der Waals surface area contributed by atoms with Gasteiger partial charge < -0.3 is 19.9 Å². The minimum atomic E-state index is -0.720. The second-order valence-corrected chi connectivity index (χ2v) is 9.17. The molecule has 2 aromatic rings. The second kappa shape index (κ2) is 8.22. The molecule has 0 radical (unpaired) electrons. The lowest BCUT2D eigenvalue weighted by atomic mass is 9.85. The minimum Gasteiger partial charge on any atom is -0.391 e. The predicted molar refractivity (Wildman–Crippen MR) is 112 cm³/mol. The van der Waals surface area contributed by atoms with Crippen molar-refractivity contribution >= 4 is 11.8 Å². The lowest BCUT2D eigenvalue weighted by molar-refractivity contribution is -0.144. The largest absolute Gasteiger partial charge is 0.391 e. The molecular weight excluding hydrogens is 384 g/mol. The van der Waals surface area contributed by atoms with Crippen LogP contribution in [-0.2, 0) is 16.1 Å². The first-order valence-electron chi connectivity index (χ1n) is 10.3. The number of nitrogens with one attached hydrogen (secondary N) is 1. The van der Waals surface area contributed by atoms with Gasteiger partial charge in [0.2, 0.25) is 11.8 Å².